The molecule has 1 aliphatic rings. The van der Waals surface area contributed by atoms with Crippen LogP contribution in [0.5, 0.6) is 0 Å². The quantitative estimate of drug-likeness (QED) is 0.872. The van der Waals surface area contributed by atoms with Gasteiger partial charge < -0.3 is 10.6 Å². The summed E-state index contributed by atoms with van der Waals surface area (Å²) in [5.41, 5.74) is 8.69. The van der Waals surface area contributed by atoms with Crippen LogP contribution in [-0.2, 0) is 4.79 Å². The molecule has 22 heavy (non-hydrogen) atoms. The van der Waals surface area contributed by atoms with Crippen LogP contribution in [0.2, 0.25) is 0 Å². The zero-order chi connectivity index (χ0) is 15.6. The highest BCUT2D eigenvalue weighted by atomic mass is 35.5. The largest absolute Gasteiger partial charge is 0.345 e. The summed E-state index contributed by atoms with van der Waals surface area (Å²) in [4.78, 5) is 14.3. The van der Waals surface area contributed by atoms with E-state index in [0.717, 1.165) is 19.4 Å². The van der Waals surface area contributed by atoms with Gasteiger partial charge in [-0.3, -0.25) is 4.79 Å². The summed E-state index contributed by atoms with van der Waals surface area (Å²) in [6.45, 7) is 7.14. The molecule has 0 radical (unpaired) electrons. The van der Waals surface area contributed by atoms with E-state index < -0.39 is 0 Å². The van der Waals surface area contributed by atoms with Gasteiger partial charge in [-0.15, -0.1) is 12.4 Å². The zero-order valence-corrected chi connectivity index (χ0v) is 14.9. The van der Waals surface area contributed by atoms with Crippen LogP contribution < -0.4 is 5.73 Å². The molecule has 1 aliphatic carbocycles. The maximum absolute atomic E-state index is 12.5. The number of nitrogens with zero attached hydrogens (tertiary/aromatic N) is 1. The van der Waals surface area contributed by atoms with E-state index in [0.29, 0.717) is 11.8 Å². The third-order valence-corrected chi connectivity index (χ3v) is 4.73. The molecule has 1 aromatic carbocycles. The maximum atomic E-state index is 12.5. The molecule has 3 unspecified atom stereocenters. The lowest BCUT2D eigenvalue weighted by molar-refractivity contribution is -0.131. The summed E-state index contributed by atoms with van der Waals surface area (Å²) in [6.07, 6.45) is 1.87. The molecule has 1 saturated carbocycles. The summed E-state index contributed by atoms with van der Waals surface area (Å²) >= 11 is 0. The van der Waals surface area contributed by atoms with Crippen molar-refractivity contribution in [3.05, 3.63) is 35.4 Å². The number of nitrogens with two attached hydrogens (primary N) is 1. The molecule has 4 heteroatoms. The Morgan fingerprint density at radius 2 is 2.00 bits per heavy atom. The average molecular weight is 325 g/mol. The van der Waals surface area contributed by atoms with E-state index in [1.807, 2.05) is 11.9 Å². The number of aryl methyl sites for hydroxylation is 1. The third-order valence-electron chi connectivity index (χ3n) is 4.73. The van der Waals surface area contributed by atoms with Gasteiger partial charge in [0.05, 0.1) is 0 Å². The maximum Gasteiger partial charge on any atom is 0.226 e. The van der Waals surface area contributed by atoms with Crippen LogP contribution in [0.3, 0.4) is 0 Å². The fraction of sp³-hybridized carbons (Fsp3) is 0.611. The monoisotopic (exact) mass is 324 g/mol. The first-order valence-corrected chi connectivity index (χ1v) is 7.98. The van der Waals surface area contributed by atoms with Crippen molar-refractivity contribution >= 4 is 18.3 Å². The Kier molecular flexibility index (Phi) is 6.89. The van der Waals surface area contributed by atoms with Crippen molar-refractivity contribution in [1.82, 2.24) is 4.90 Å². The fourth-order valence-electron chi connectivity index (χ4n) is 2.88. The van der Waals surface area contributed by atoms with Crippen LogP contribution in [0.25, 0.3) is 0 Å². The number of rotatable bonds is 6. The number of halogens is 1. The van der Waals surface area contributed by atoms with Crippen molar-refractivity contribution in [3.8, 4) is 0 Å². The van der Waals surface area contributed by atoms with Crippen LogP contribution in [0.4, 0.5) is 0 Å². The first kappa shape index (κ1) is 19.0. The molecule has 1 fully saturated rings. The van der Waals surface area contributed by atoms with Crippen molar-refractivity contribution < 1.29 is 4.79 Å². The van der Waals surface area contributed by atoms with Crippen LogP contribution >= 0.6 is 12.4 Å². The second-order valence-electron chi connectivity index (χ2n) is 6.76. The molecule has 1 amide bonds. The van der Waals surface area contributed by atoms with E-state index in [9.17, 15) is 4.79 Å². The van der Waals surface area contributed by atoms with E-state index in [4.69, 9.17) is 5.73 Å². The summed E-state index contributed by atoms with van der Waals surface area (Å²) in [5.74, 6) is 1.33. The van der Waals surface area contributed by atoms with Gasteiger partial charge in [-0.2, -0.15) is 0 Å². The molecule has 0 aliphatic heterocycles. The molecule has 1 aromatic rings. The number of benzene rings is 1. The highest BCUT2D eigenvalue weighted by Crippen LogP contribution is 2.49. The lowest BCUT2D eigenvalue weighted by Crippen LogP contribution is -2.35. The summed E-state index contributed by atoms with van der Waals surface area (Å²) in [6, 6.07) is 8.57. The van der Waals surface area contributed by atoms with Crippen LogP contribution in [0.15, 0.2) is 24.3 Å². The Hall–Kier alpha value is -1.06. The second-order valence-corrected chi connectivity index (χ2v) is 6.76. The Bertz CT molecular complexity index is 504. The van der Waals surface area contributed by atoms with Crippen molar-refractivity contribution in [2.24, 2.45) is 17.6 Å². The Labute approximate surface area is 140 Å². The average Bonchev–Trinajstić information content (AvgIpc) is 3.24. The molecule has 0 saturated heterocycles. The van der Waals surface area contributed by atoms with Gasteiger partial charge in [-0.05, 0) is 42.7 Å². The number of carbonyl (C=O) groups excluding carboxylic acids is 1. The Balaban J connectivity index is 0.00000242. The number of carbonyl (C=O) groups is 1. The molecular weight excluding hydrogens is 296 g/mol. The smallest absolute Gasteiger partial charge is 0.226 e. The van der Waals surface area contributed by atoms with Gasteiger partial charge in [0.15, 0.2) is 0 Å². The predicted molar refractivity (Wildman–Crippen MR) is 94.3 cm³/mol. The number of hydrogen-bond donors (Lipinski definition) is 1. The van der Waals surface area contributed by atoms with Crippen molar-refractivity contribution in [2.75, 3.05) is 13.6 Å². The molecule has 2 rings (SSSR count). The van der Waals surface area contributed by atoms with Gasteiger partial charge in [0.1, 0.15) is 0 Å². The number of hydrogen-bond acceptors (Lipinski definition) is 2. The highest BCUT2D eigenvalue weighted by molar-refractivity contribution is 5.85. The minimum Gasteiger partial charge on any atom is -0.345 e. The minimum absolute atomic E-state index is 0. The third kappa shape index (κ3) is 4.47. The topological polar surface area (TPSA) is 46.3 Å². The van der Waals surface area contributed by atoms with Gasteiger partial charge in [0, 0.05) is 25.6 Å². The fourth-order valence-corrected chi connectivity index (χ4v) is 2.88. The normalized spacial score (nSPS) is 21.2. The zero-order valence-electron chi connectivity index (χ0n) is 14.1. The Morgan fingerprint density at radius 3 is 2.59 bits per heavy atom. The lowest BCUT2D eigenvalue weighted by Gasteiger charge is -2.21. The minimum atomic E-state index is 0. The predicted octanol–water partition coefficient (Wildman–Crippen LogP) is 3.35. The van der Waals surface area contributed by atoms with E-state index in [-0.39, 0.29) is 30.3 Å². The molecular formula is C18H29ClN2O. The number of amides is 1. The molecule has 3 atom stereocenters. The Morgan fingerprint density at radius 1 is 1.36 bits per heavy atom. The SMILES string of the molecule is Cc1ccccc1C1CC1C(=O)N(C)CCC(N)C(C)C.Cl. The van der Waals surface area contributed by atoms with Gasteiger partial charge in [0.2, 0.25) is 5.91 Å². The van der Waals surface area contributed by atoms with Gasteiger partial charge in [-0.25, -0.2) is 0 Å². The van der Waals surface area contributed by atoms with E-state index in [2.05, 4.69) is 45.0 Å². The molecule has 0 aromatic heterocycles. The van der Waals surface area contributed by atoms with Gasteiger partial charge in [-0.1, -0.05) is 38.1 Å². The first-order valence-electron chi connectivity index (χ1n) is 7.98. The molecule has 2 N–H and O–H groups in total. The summed E-state index contributed by atoms with van der Waals surface area (Å²) < 4.78 is 0. The molecule has 3 nitrogen and oxygen atoms in total. The lowest BCUT2D eigenvalue weighted by atomic mass is 10.0. The molecule has 0 heterocycles. The summed E-state index contributed by atoms with van der Waals surface area (Å²) in [7, 11) is 1.91. The molecule has 0 spiro atoms. The van der Waals surface area contributed by atoms with E-state index in [1.54, 1.807) is 0 Å². The highest BCUT2D eigenvalue weighted by Gasteiger charge is 2.45. The van der Waals surface area contributed by atoms with Crippen LogP contribution in [0, 0.1) is 18.8 Å². The van der Waals surface area contributed by atoms with E-state index in [1.165, 1.54) is 11.1 Å². The molecule has 0 bridgehead atoms. The van der Waals surface area contributed by atoms with Crippen LogP contribution in [0.1, 0.15) is 43.7 Å². The van der Waals surface area contributed by atoms with Gasteiger partial charge >= 0.3 is 0 Å². The standard InChI is InChI=1S/C18H28N2O.ClH/c1-12(2)17(19)9-10-20(4)18(21)16-11-15(16)14-8-6-5-7-13(14)3;/h5-8,12,15-17H,9-11,19H2,1-4H3;1H. The van der Waals surface area contributed by atoms with Gasteiger partial charge in [0.25, 0.3) is 0 Å². The van der Waals surface area contributed by atoms with Crippen LogP contribution in [-0.4, -0.2) is 30.4 Å². The van der Waals surface area contributed by atoms with E-state index >= 15 is 0 Å². The van der Waals surface area contributed by atoms with Crippen molar-refractivity contribution in [1.29, 1.82) is 0 Å². The first-order chi connectivity index (χ1) is 9.91. The van der Waals surface area contributed by atoms with Crippen molar-refractivity contribution in [3.63, 3.8) is 0 Å². The second kappa shape index (κ2) is 7.98. The summed E-state index contributed by atoms with van der Waals surface area (Å²) in [5, 5.41) is 0. The van der Waals surface area contributed by atoms with Crippen molar-refractivity contribution in [2.45, 2.75) is 45.6 Å². The molecule has 124 valence electrons.